The lowest BCUT2D eigenvalue weighted by atomic mass is 10.4. The molecule has 0 fully saturated rings. The van der Waals surface area contributed by atoms with Gasteiger partial charge in [-0.2, -0.15) is 0 Å². The van der Waals surface area contributed by atoms with Crippen LogP contribution in [0.15, 0.2) is 0 Å². The van der Waals surface area contributed by atoms with E-state index >= 15 is 0 Å². The van der Waals surface area contributed by atoms with Gasteiger partial charge in [0.05, 0.1) is 0 Å². The summed E-state index contributed by atoms with van der Waals surface area (Å²) in [7, 11) is 0. The van der Waals surface area contributed by atoms with Gasteiger partial charge in [0, 0.05) is 5.75 Å². The molecule has 0 atom stereocenters. The summed E-state index contributed by atoms with van der Waals surface area (Å²) in [6.07, 6.45) is 2.61. The highest BCUT2D eigenvalue weighted by atomic mass is 32.1. The molecule has 0 amide bonds. The highest BCUT2D eigenvalue weighted by molar-refractivity contribution is 7.99. The van der Waals surface area contributed by atoms with Gasteiger partial charge in [-0.3, -0.25) is 0 Å². The summed E-state index contributed by atoms with van der Waals surface area (Å²) < 4.78 is 0. The summed E-state index contributed by atoms with van der Waals surface area (Å²) in [6, 6.07) is 0. The zero-order valence-electron chi connectivity index (χ0n) is 3.02. The van der Waals surface area contributed by atoms with Crippen LogP contribution < -0.4 is 0 Å². The van der Waals surface area contributed by atoms with Gasteiger partial charge in [0.25, 0.3) is 0 Å². The Labute approximate surface area is 36.2 Å². The molecular weight excluding hydrogens is 80.1 g/mol. The van der Waals surface area contributed by atoms with E-state index in [2.05, 4.69) is 11.1 Å². The zero-order chi connectivity index (χ0) is 3.54. The van der Waals surface area contributed by atoms with E-state index in [-0.39, 0.29) is 0 Å². The van der Waals surface area contributed by atoms with E-state index in [1.165, 1.54) is 24.2 Å². The van der Waals surface area contributed by atoms with Gasteiger partial charge >= 0.3 is 0 Å². The molecule has 1 aliphatic rings. The van der Waals surface area contributed by atoms with Gasteiger partial charge in [0.2, 0.25) is 0 Å². The minimum atomic E-state index is 1.31. The van der Waals surface area contributed by atoms with Crippen molar-refractivity contribution in [3.63, 3.8) is 0 Å². The molecule has 1 rings (SSSR count). The molecule has 0 aromatic heterocycles. The van der Waals surface area contributed by atoms with Crippen molar-refractivity contribution in [1.29, 1.82) is 0 Å². The Morgan fingerprint density at radius 3 is 2.60 bits per heavy atom. The van der Waals surface area contributed by atoms with Crippen molar-refractivity contribution >= 4 is 16.7 Å². The molecule has 0 aromatic carbocycles. The molecule has 0 saturated carbocycles. The Morgan fingerprint density at radius 1 is 1.40 bits per heavy atom. The Hall–Kier alpha value is 0.220. The molecule has 0 aliphatic carbocycles. The van der Waals surface area contributed by atoms with E-state index in [0.717, 1.165) is 0 Å². The largest absolute Gasteiger partial charge is 0.200 e. The first-order valence-electron chi connectivity index (χ1n) is 1.83. The zero-order valence-corrected chi connectivity index (χ0v) is 3.91. The molecule has 1 heterocycles. The summed E-state index contributed by atoms with van der Waals surface area (Å²) in [4.78, 5) is 0. The maximum Gasteiger partial charge on any atom is 0.00819 e. The molecule has 5 heavy (non-hydrogen) atoms. The number of hydrogen-bond donors (Lipinski definition) is 1. The predicted octanol–water partition coefficient (Wildman–Crippen LogP) is 1.21. The van der Waals surface area contributed by atoms with Crippen LogP contribution in [0.25, 0.3) is 0 Å². The molecule has 0 nitrogen and oxygen atoms in total. The molecule has 0 N–H and O–H groups in total. The molecule has 1 heteroatoms. The van der Waals surface area contributed by atoms with E-state index < -0.39 is 0 Å². The van der Waals surface area contributed by atoms with Gasteiger partial charge in [0.15, 0.2) is 0 Å². The second kappa shape index (κ2) is 1.61. The van der Waals surface area contributed by atoms with Crippen LogP contribution in [-0.2, 0) is 0 Å². The minimum Gasteiger partial charge on any atom is -0.200 e. The van der Waals surface area contributed by atoms with Gasteiger partial charge < -0.3 is 0 Å². The summed E-state index contributed by atoms with van der Waals surface area (Å²) in [6.45, 7) is 0. The first kappa shape index (κ1) is 3.41. The van der Waals surface area contributed by atoms with Crippen LogP contribution in [0.3, 0.4) is 0 Å². The van der Waals surface area contributed by atoms with Crippen molar-refractivity contribution in [3.05, 3.63) is 5.75 Å². The Bertz CT molecular complexity index is 41.6. The van der Waals surface area contributed by atoms with Crippen LogP contribution in [0.1, 0.15) is 12.8 Å². The lowest BCUT2D eigenvalue weighted by molar-refractivity contribution is 1.12. The van der Waals surface area contributed by atoms with Crippen molar-refractivity contribution in [3.8, 4) is 0 Å². The first-order valence-corrected chi connectivity index (χ1v) is 2.87. The molecule has 0 aromatic rings. The maximum atomic E-state index is 2.28. The van der Waals surface area contributed by atoms with E-state index in [1.807, 2.05) is 0 Å². The summed E-state index contributed by atoms with van der Waals surface area (Å²) in [5, 5.41) is 2.28. The second-order valence-electron chi connectivity index (χ2n) is 1.09. The smallest absolute Gasteiger partial charge is 0.00819 e. The van der Waals surface area contributed by atoms with Crippen LogP contribution in [0.4, 0.5) is 0 Å². The first-order chi connectivity index (χ1) is 2.50. The van der Waals surface area contributed by atoms with Crippen molar-refractivity contribution < 1.29 is 0 Å². The highest BCUT2D eigenvalue weighted by Crippen LogP contribution is 2.07. The average molecular weight is 87.2 g/mol. The van der Waals surface area contributed by atoms with Gasteiger partial charge in [-0.25, -0.2) is 11.4 Å². The quantitative estimate of drug-likeness (QED) is 0.333. The SMILES string of the molecule is [CH]1CCC=[SH]1. The van der Waals surface area contributed by atoms with Crippen LogP contribution in [0.2, 0.25) is 0 Å². The van der Waals surface area contributed by atoms with Crippen molar-refractivity contribution in [1.82, 2.24) is 0 Å². The average Bonchev–Trinajstić information content (AvgIpc) is 1.76. The van der Waals surface area contributed by atoms with Crippen LogP contribution in [-0.4, -0.2) is 5.37 Å². The van der Waals surface area contributed by atoms with Crippen molar-refractivity contribution in [2.45, 2.75) is 12.8 Å². The molecule has 0 bridgehead atoms. The van der Waals surface area contributed by atoms with Crippen molar-refractivity contribution in [2.24, 2.45) is 0 Å². The highest BCUT2D eigenvalue weighted by Gasteiger charge is 1.85. The van der Waals surface area contributed by atoms with E-state index in [9.17, 15) is 0 Å². The number of hydrogen-bond acceptors (Lipinski definition) is 0. The van der Waals surface area contributed by atoms with Crippen LogP contribution in [0, 0.1) is 5.75 Å². The van der Waals surface area contributed by atoms with Crippen LogP contribution >= 0.6 is 11.4 Å². The van der Waals surface area contributed by atoms with Crippen LogP contribution in [0.5, 0.6) is 0 Å². The Morgan fingerprint density at radius 2 is 2.40 bits per heavy atom. The summed E-state index contributed by atoms with van der Waals surface area (Å²) in [5.41, 5.74) is 0. The third-order valence-electron chi connectivity index (χ3n) is 0.636. The lowest BCUT2D eigenvalue weighted by Gasteiger charge is -1.68. The monoisotopic (exact) mass is 87.0 g/mol. The van der Waals surface area contributed by atoms with Gasteiger partial charge in [0.1, 0.15) is 0 Å². The predicted molar refractivity (Wildman–Crippen MR) is 28.6 cm³/mol. The Kier molecular flexibility index (Phi) is 1.10. The fourth-order valence-electron chi connectivity index (χ4n) is 0.373. The van der Waals surface area contributed by atoms with Gasteiger partial charge in [-0.15, -0.1) is 0 Å². The maximum absolute atomic E-state index is 2.28. The van der Waals surface area contributed by atoms with E-state index in [0.29, 0.717) is 0 Å². The third kappa shape index (κ3) is 0.763. The summed E-state index contributed by atoms with van der Waals surface area (Å²) >= 11 is 1.44. The summed E-state index contributed by atoms with van der Waals surface area (Å²) in [5.74, 6) is 2.28. The molecule has 1 radical (unpaired) electrons. The minimum absolute atomic E-state index is 1.31. The molecule has 0 spiro atoms. The van der Waals surface area contributed by atoms with E-state index in [1.54, 1.807) is 0 Å². The standard InChI is InChI=1S/C4H7S/c1-2-4-5-3-1/h3-5H,1-2H2. The number of rotatable bonds is 0. The molecule has 29 valence electrons. The normalized spacial score (nSPS) is 22.4. The Balaban J connectivity index is 2.32. The molecular formula is C4H7S. The van der Waals surface area contributed by atoms with Gasteiger partial charge in [-0.05, 0) is 12.8 Å². The van der Waals surface area contributed by atoms with Crippen molar-refractivity contribution in [2.75, 3.05) is 0 Å². The molecule has 0 unspecified atom stereocenters. The molecule has 1 aliphatic heterocycles. The fraction of sp³-hybridized carbons (Fsp3) is 0.500. The molecule has 0 saturated heterocycles. The fourth-order valence-corrected chi connectivity index (χ4v) is 1.12. The lowest BCUT2D eigenvalue weighted by Crippen LogP contribution is -1.56. The van der Waals surface area contributed by atoms with E-state index in [4.69, 9.17) is 0 Å². The topological polar surface area (TPSA) is 0 Å². The third-order valence-corrected chi connectivity index (χ3v) is 1.57. The van der Waals surface area contributed by atoms with Gasteiger partial charge in [-0.1, -0.05) is 5.37 Å². The number of thiol groups is 1. The second-order valence-corrected chi connectivity index (χ2v) is 2.12.